The molecule has 15 heavy (non-hydrogen) atoms. The zero-order valence-electron chi connectivity index (χ0n) is 9.55. The van der Waals surface area contributed by atoms with Crippen LogP contribution in [0, 0.1) is 6.92 Å². The van der Waals surface area contributed by atoms with Crippen LogP contribution in [0.1, 0.15) is 30.4 Å². The maximum absolute atomic E-state index is 5.92. The fourth-order valence-corrected chi connectivity index (χ4v) is 2.42. The largest absolute Gasteiger partial charge is 0.496 e. The van der Waals surface area contributed by atoms with Crippen molar-refractivity contribution < 1.29 is 4.74 Å². The molecule has 0 amide bonds. The molecular formula is C13H19NO. The molecule has 1 fully saturated rings. The first-order chi connectivity index (χ1) is 7.22. The molecule has 0 radical (unpaired) electrons. The first kappa shape index (κ1) is 10.5. The normalized spacial score (nSPS) is 18.3. The van der Waals surface area contributed by atoms with Crippen LogP contribution in [0.25, 0.3) is 0 Å². The summed E-state index contributed by atoms with van der Waals surface area (Å²) in [5.41, 5.74) is 8.70. The summed E-state index contributed by atoms with van der Waals surface area (Å²) in [5.74, 6) is 0.991. The SMILES string of the molecule is COc1ccc(C)cc1C1(CN)CCC1. The highest BCUT2D eigenvalue weighted by molar-refractivity contribution is 5.44. The average Bonchev–Trinajstić information content (AvgIpc) is 2.17. The molecule has 2 N–H and O–H groups in total. The number of hydrogen-bond acceptors (Lipinski definition) is 2. The van der Waals surface area contributed by atoms with Gasteiger partial charge in [0, 0.05) is 17.5 Å². The van der Waals surface area contributed by atoms with E-state index < -0.39 is 0 Å². The summed E-state index contributed by atoms with van der Waals surface area (Å²) in [5, 5.41) is 0. The summed E-state index contributed by atoms with van der Waals surface area (Å²) < 4.78 is 5.43. The van der Waals surface area contributed by atoms with Crippen LogP contribution in [0.5, 0.6) is 5.75 Å². The molecule has 0 atom stereocenters. The first-order valence-corrected chi connectivity index (χ1v) is 5.57. The van der Waals surface area contributed by atoms with Crippen molar-refractivity contribution in [1.82, 2.24) is 0 Å². The molecule has 0 unspecified atom stereocenters. The molecule has 2 rings (SSSR count). The number of nitrogens with two attached hydrogens (primary N) is 1. The zero-order chi connectivity index (χ0) is 10.9. The molecule has 0 spiro atoms. The molecule has 1 aromatic rings. The Labute approximate surface area is 91.4 Å². The summed E-state index contributed by atoms with van der Waals surface area (Å²) in [6.45, 7) is 2.85. The van der Waals surface area contributed by atoms with Gasteiger partial charge < -0.3 is 10.5 Å². The van der Waals surface area contributed by atoms with Gasteiger partial charge in [0.15, 0.2) is 0 Å². The van der Waals surface area contributed by atoms with Crippen LogP contribution in [0.3, 0.4) is 0 Å². The molecule has 1 saturated carbocycles. The number of hydrogen-bond donors (Lipinski definition) is 1. The second-order valence-corrected chi connectivity index (χ2v) is 4.54. The Kier molecular flexibility index (Phi) is 2.70. The average molecular weight is 205 g/mol. The second-order valence-electron chi connectivity index (χ2n) is 4.54. The summed E-state index contributed by atoms with van der Waals surface area (Å²) in [7, 11) is 1.73. The van der Waals surface area contributed by atoms with E-state index in [1.165, 1.54) is 30.4 Å². The van der Waals surface area contributed by atoms with Gasteiger partial charge in [-0.3, -0.25) is 0 Å². The number of aryl methyl sites for hydroxylation is 1. The Morgan fingerprint density at radius 1 is 1.40 bits per heavy atom. The number of benzene rings is 1. The predicted octanol–water partition coefficient (Wildman–Crippen LogP) is 2.38. The van der Waals surface area contributed by atoms with Gasteiger partial charge in [0.1, 0.15) is 5.75 Å². The van der Waals surface area contributed by atoms with Crippen molar-refractivity contribution in [2.75, 3.05) is 13.7 Å². The molecule has 1 aliphatic rings. The van der Waals surface area contributed by atoms with Crippen molar-refractivity contribution in [1.29, 1.82) is 0 Å². The Morgan fingerprint density at radius 2 is 2.13 bits per heavy atom. The fraction of sp³-hybridized carbons (Fsp3) is 0.538. The minimum atomic E-state index is 0.192. The van der Waals surface area contributed by atoms with Crippen molar-refractivity contribution in [2.24, 2.45) is 5.73 Å². The zero-order valence-corrected chi connectivity index (χ0v) is 9.55. The minimum Gasteiger partial charge on any atom is -0.496 e. The number of ether oxygens (including phenoxy) is 1. The van der Waals surface area contributed by atoms with E-state index in [2.05, 4.69) is 25.1 Å². The van der Waals surface area contributed by atoms with Gasteiger partial charge in [0.2, 0.25) is 0 Å². The smallest absolute Gasteiger partial charge is 0.122 e. The maximum atomic E-state index is 5.92. The van der Waals surface area contributed by atoms with Crippen molar-refractivity contribution in [3.05, 3.63) is 29.3 Å². The standard InChI is InChI=1S/C13H19NO/c1-10-4-5-12(15-2)11(8-10)13(9-14)6-3-7-13/h4-5,8H,3,6-7,9,14H2,1-2H3. The molecule has 1 aliphatic carbocycles. The second kappa shape index (κ2) is 3.86. The van der Waals surface area contributed by atoms with Crippen LogP contribution < -0.4 is 10.5 Å². The topological polar surface area (TPSA) is 35.2 Å². The van der Waals surface area contributed by atoms with Crippen molar-refractivity contribution in [3.63, 3.8) is 0 Å². The van der Waals surface area contributed by atoms with Crippen LogP contribution in [-0.4, -0.2) is 13.7 Å². The lowest BCUT2D eigenvalue weighted by molar-refractivity contribution is 0.243. The van der Waals surface area contributed by atoms with Crippen molar-refractivity contribution in [2.45, 2.75) is 31.6 Å². The fourth-order valence-electron chi connectivity index (χ4n) is 2.42. The van der Waals surface area contributed by atoms with Crippen LogP contribution >= 0.6 is 0 Å². The van der Waals surface area contributed by atoms with Gasteiger partial charge in [-0.15, -0.1) is 0 Å². The quantitative estimate of drug-likeness (QED) is 0.822. The Bertz CT molecular complexity index is 350. The van der Waals surface area contributed by atoms with Crippen LogP contribution in [-0.2, 0) is 5.41 Å². The predicted molar refractivity (Wildman–Crippen MR) is 62.3 cm³/mol. The first-order valence-electron chi connectivity index (χ1n) is 5.57. The van der Waals surface area contributed by atoms with Crippen molar-refractivity contribution in [3.8, 4) is 5.75 Å². The van der Waals surface area contributed by atoms with Crippen LogP contribution in [0.15, 0.2) is 18.2 Å². The summed E-state index contributed by atoms with van der Waals surface area (Å²) >= 11 is 0. The summed E-state index contributed by atoms with van der Waals surface area (Å²) in [4.78, 5) is 0. The lowest BCUT2D eigenvalue weighted by Gasteiger charge is -2.42. The number of methoxy groups -OCH3 is 1. The maximum Gasteiger partial charge on any atom is 0.122 e. The van der Waals surface area contributed by atoms with E-state index in [-0.39, 0.29) is 5.41 Å². The Hall–Kier alpha value is -1.02. The lowest BCUT2D eigenvalue weighted by Crippen LogP contribution is -2.41. The van der Waals surface area contributed by atoms with Crippen LogP contribution in [0.2, 0.25) is 0 Å². The molecule has 1 aromatic carbocycles. The van der Waals surface area contributed by atoms with Gasteiger partial charge >= 0.3 is 0 Å². The molecule has 0 aliphatic heterocycles. The lowest BCUT2D eigenvalue weighted by atomic mass is 9.64. The van der Waals surface area contributed by atoms with Gasteiger partial charge in [0.25, 0.3) is 0 Å². The van der Waals surface area contributed by atoms with Crippen LogP contribution in [0.4, 0.5) is 0 Å². The third-order valence-corrected chi connectivity index (χ3v) is 3.63. The summed E-state index contributed by atoms with van der Waals surface area (Å²) in [6.07, 6.45) is 3.68. The van der Waals surface area contributed by atoms with Gasteiger partial charge in [0.05, 0.1) is 7.11 Å². The third-order valence-electron chi connectivity index (χ3n) is 3.63. The van der Waals surface area contributed by atoms with E-state index in [9.17, 15) is 0 Å². The Balaban J connectivity index is 2.44. The molecule has 0 saturated heterocycles. The molecule has 2 nitrogen and oxygen atoms in total. The molecule has 0 heterocycles. The van der Waals surface area contributed by atoms with E-state index >= 15 is 0 Å². The highest BCUT2D eigenvalue weighted by Gasteiger charge is 2.39. The highest BCUT2D eigenvalue weighted by Crippen LogP contribution is 2.46. The van der Waals surface area contributed by atoms with E-state index in [0.717, 1.165) is 12.3 Å². The molecule has 0 aromatic heterocycles. The van der Waals surface area contributed by atoms with Gasteiger partial charge in [-0.2, -0.15) is 0 Å². The highest BCUT2D eigenvalue weighted by atomic mass is 16.5. The van der Waals surface area contributed by atoms with Gasteiger partial charge in [-0.25, -0.2) is 0 Å². The summed E-state index contributed by atoms with van der Waals surface area (Å²) in [6, 6.07) is 6.37. The molecule has 0 bridgehead atoms. The van der Waals surface area contributed by atoms with Gasteiger partial charge in [-0.1, -0.05) is 24.1 Å². The van der Waals surface area contributed by atoms with Gasteiger partial charge in [-0.05, 0) is 25.8 Å². The van der Waals surface area contributed by atoms with E-state index in [1.54, 1.807) is 7.11 Å². The third kappa shape index (κ3) is 1.63. The minimum absolute atomic E-state index is 0.192. The van der Waals surface area contributed by atoms with E-state index in [0.29, 0.717) is 0 Å². The molecular weight excluding hydrogens is 186 g/mol. The molecule has 2 heteroatoms. The van der Waals surface area contributed by atoms with Crippen molar-refractivity contribution >= 4 is 0 Å². The van der Waals surface area contributed by atoms with E-state index in [1.807, 2.05) is 0 Å². The monoisotopic (exact) mass is 205 g/mol. The number of rotatable bonds is 3. The van der Waals surface area contributed by atoms with E-state index in [4.69, 9.17) is 10.5 Å². The Morgan fingerprint density at radius 3 is 2.60 bits per heavy atom. The molecule has 82 valence electrons.